The van der Waals surface area contributed by atoms with Crippen molar-refractivity contribution >= 4 is 32.5 Å². The maximum atomic E-state index is 10.8. The third-order valence-corrected chi connectivity index (χ3v) is 3.80. The minimum Gasteiger partial charge on any atom is -0.316 e. The van der Waals surface area contributed by atoms with Gasteiger partial charge < -0.3 is 4.57 Å². The summed E-state index contributed by atoms with van der Waals surface area (Å²) in [4.78, 5) is 10.4. The van der Waals surface area contributed by atoms with Crippen molar-refractivity contribution in [2.75, 3.05) is 0 Å². The predicted molar refractivity (Wildman–Crippen MR) is 82.4 cm³/mol. The molecule has 0 saturated carbocycles. The number of nitrogens with zero attached hydrogens (tertiary/aromatic N) is 2. The predicted octanol–water partition coefficient (Wildman–Crippen LogP) is 4.61. The molecule has 2 aromatic carbocycles. The smallest absolute Gasteiger partial charge is 0.269 e. The first-order valence-corrected chi connectivity index (χ1v) is 6.87. The van der Waals surface area contributed by atoms with Gasteiger partial charge in [0.25, 0.3) is 5.69 Å². The molecule has 0 unspecified atom stereocenters. The number of nitro groups is 1. The Labute approximate surface area is 123 Å². The van der Waals surface area contributed by atoms with Gasteiger partial charge in [0.05, 0.1) is 10.4 Å². The van der Waals surface area contributed by atoms with Gasteiger partial charge in [0.1, 0.15) is 0 Å². The lowest BCUT2D eigenvalue weighted by Crippen LogP contribution is -1.97. The highest BCUT2D eigenvalue weighted by molar-refractivity contribution is 9.10. The van der Waals surface area contributed by atoms with Crippen molar-refractivity contribution in [1.82, 2.24) is 4.57 Å². The molecule has 5 heteroatoms. The Morgan fingerprint density at radius 1 is 1.15 bits per heavy atom. The van der Waals surface area contributed by atoms with Gasteiger partial charge in [-0.3, -0.25) is 10.1 Å². The van der Waals surface area contributed by atoms with Crippen LogP contribution in [-0.4, -0.2) is 9.49 Å². The second-order valence-corrected chi connectivity index (χ2v) is 5.53. The minimum atomic E-state index is -0.373. The van der Waals surface area contributed by atoms with E-state index >= 15 is 0 Å². The molecule has 0 bridgehead atoms. The first kappa shape index (κ1) is 12.9. The summed E-state index contributed by atoms with van der Waals surface area (Å²) >= 11 is 3.45. The SMILES string of the molecule is Cc1cc([N+](=O)[O-])ccc1-n1ccc2cc(Br)ccc21. The van der Waals surface area contributed by atoms with Crippen LogP contribution in [0.3, 0.4) is 0 Å². The van der Waals surface area contributed by atoms with Gasteiger partial charge in [-0.15, -0.1) is 0 Å². The van der Waals surface area contributed by atoms with E-state index < -0.39 is 0 Å². The van der Waals surface area contributed by atoms with Gasteiger partial charge in [-0.2, -0.15) is 0 Å². The Kier molecular flexibility index (Phi) is 3.06. The van der Waals surface area contributed by atoms with Crippen molar-refractivity contribution in [3.05, 3.63) is 68.8 Å². The Balaban J connectivity index is 2.18. The minimum absolute atomic E-state index is 0.116. The van der Waals surface area contributed by atoms with Crippen molar-refractivity contribution in [2.45, 2.75) is 6.92 Å². The van der Waals surface area contributed by atoms with Crippen LogP contribution in [0, 0.1) is 17.0 Å². The van der Waals surface area contributed by atoms with Crippen molar-refractivity contribution in [3.63, 3.8) is 0 Å². The molecule has 20 heavy (non-hydrogen) atoms. The van der Waals surface area contributed by atoms with E-state index in [1.54, 1.807) is 12.1 Å². The average molecular weight is 331 g/mol. The largest absolute Gasteiger partial charge is 0.316 e. The van der Waals surface area contributed by atoms with Crippen LogP contribution in [0.2, 0.25) is 0 Å². The Morgan fingerprint density at radius 2 is 1.95 bits per heavy atom. The molecule has 3 rings (SSSR count). The molecule has 0 spiro atoms. The lowest BCUT2D eigenvalue weighted by molar-refractivity contribution is -0.384. The van der Waals surface area contributed by atoms with Crippen molar-refractivity contribution < 1.29 is 4.92 Å². The van der Waals surface area contributed by atoms with E-state index in [1.165, 1.54) is 6.07 Å². The summed E-state index contributed by atoms with van der Waals surface area (Å²) in [6.45, 7) is 1.88. The summed E-state index contributed by atoms with van der Waals surface area (Å²) in [6.07, 6.45) is 1.98. The van der Waals surface area contributed by atoms with Gasteiger partial charge in [-0.1, -0.05) is 15.9 Å². The van der Waals surface area contributed by atoms with Crippen LogP contribution >= 0.6 is 15.9 Å². The fourth-order valence-electron chi connectivity index (χ4n) is 2.35. The van der Waals surface area contributed by atoms with Crippen LogP contribution in [-0.2, 0) is 0 Å². The Morgan fingerprint density at radius 3 is 2.65 bits per heavy atom. The molecule has 0 aliphatic heterocycles. The topological polar surface area (TPSA) is 48.1 Å². The molecule has 0 atom stereocenters. The summed E-state index contributed by atoms with van der Waals surface area (Å²) in [5.41, 5.74) is 3.02. The number of aromatic nitrogens is 1. The zero-order valence-corrected chi connectivity index (χ0v) is 12.3. The Bertz CT molecular complexity index is 824. The average Bonchev–Trinajstić information content (AvgIpc) is 2.81. The zero-order chi connectivity index (χ0) is 14.3. The molecule has 0 radical (unpaired) electrons. The molecule has 0 amide bonds. The van der Waals surface area contributed by atoms with Gasteiger partial charge in [0.15, 0.2) is 0 Å². The number of hydrogen-bond acceptors (Lipinski definition) is 2. The molecule has 3 aromatic rings. The van der Waals surface area contributed by atoms with E-state index in [1.807, 2.05) is 42.0 Å². The molecule has 1 aromatic heterocycles. The van der Waals surface area contributed by atoms with E-state index in [2.05, 4.69) is 15.9 Å². The maximum Gasteiger partial charge on any atom is 0.269 e. The fourth-order valence-corrected chi connectivity index (χ4v) is 2.73. The molecule has 100 valence electrons. The summed E-state index contributed by atoms with van der Waals surface area (Å²) in [5.74, 6) is 0. The van der Waals surface area contributed by atoms with Gasteiger partial charge >= 0.3 is 0 Å². The van der Waals surface area contributed by atoms with Crippen LogP contribution < -0.4 is 0 Å². The second-order valence-electron chi connectivity index (χ2n) is 4.62. The number of rotatable bonds is 2. The van der Waals surface area contributed by atoms with E-state index in [4.69, 9.17) is 0 Å². The van der Waals surface area contributed by atoms with Gasteiger partial charge in [-0.05, 0) is 42.8 Å². The molecule has 4 nitrogen and oxygen atoms in total. The molecule has 0 fully saturated rings. The lowest BCUT2D eigenvalue weighted by Gasteiger charge is -2.09. The molecular weight excluding hydrogens is 320 g/mol. The monoisotopic (exact) mass is 330 g/mol. The number of fused-ring (bicyclic) bond motifs is 1. The molecular formula is C15H11BrN2O2. The highest BCUT2D eigenvalue weighted by atomic mass is 79.9. The summed E-state index contributed by atoms with van der Waals surface area (Å²) in [7, 11) is 0. The standard InChI is InChI=1S/C15H11BrN2O2/c1-10-8-13(18(19)20)3-5-14(10)17-7-6-11-9-12(16)2-4-15(11)17/h2-9H,1H3. The van der Waals surface area contributed by atoms with Crippen LogP contribution in [0.25, 0.3) is 16.6 Å². The number of benzene rings is 2. The van der Waals surface area contributed by atoms with Crippen molar-refractivity contribution in [2.24, 2.45) is 0 Å². The van der Waals surface area contributed by atoms with E-state index in [9.17, 15) is 10.1 Å². The van der Waals surface area contributed by atoms with Gasteiger partial charge in [0.2, 0.25) is 0 Å². The number of halogens is 1. The number of nitro benzene ring substituents is 1. The molecule has 0 N–H and O–H groups in total. The van der Waals surface area contributed by atoms with E-state index in [0.29, 0.717) is 0 Å². The molecule has 0 saturated heterocycles. The highest BCUT2D eigenvalue weighted by Gasteiger charge is 2.11. The molecule has 0 aliphatic rings. The lowest BCUT2D eigenvalue weighted by atomic mass is 10.1. The van der Waals surface area contributed by atoms with Crippen LogP contribution in [0.15, 0.2) is 53.1 Å². The number of hydrogen-bond donors (Lipinski definition) is 0. The number of aryl methyl sites for hydroxylation is 1. The maximum absolute atomic E-state index is 10.8. The van der Waals surface area contributed by atoms with Crippen molar-refractivity contribution in [3.8, 4) is 5.69 Å². The van der Waals surface area contributed by atoms with Crippen LogP contribution in [0.1, 0.15) is 5.56 Å². The third kappa shape index (κ3) is 2.10. The first-order valence-electron chi connectivity index (χ1n) is 6.08. The fraction of sp³-hybridized carbons (Fsp3) is 0.0667. The highest BCUT2D eigenvalue weighted by Crippen LogP contribution is 2.27. The number of non-ortho nitro benzene ring substituents is 1. The van der Waals surface area contributed by atoms with E-state index in [-0.39, 0.29) is 10.6 Å². The summed E-state index contributed by atoms with van der Waals surface area (Å²) in [6, 6.07) is 13.0. The molecule has 1 heterocycles. The Hall–Kier alpha value is -2.14. The van der Waals surface area contributed by atoms with E-state index in [0.717, 1.165) is 26.6 Å². The normalized spacial score (nSPS) is 10.9. The summed E-state index contributed by atoms with van der Waals surface area (Å²) < 4.78 is 3.07. The van der Waals surface area contributed by atoms with Crippen LogP contribution in [0.5, 0.6) is 0 Å². The van der Waals surface area contributed by atoms with Crippen molar-refractivity contribution in [1.29, 1.82) is 0 Å². The quantitative estimate of drug-likeness (QED) is 0.508. The van der Waals surface area contributed by atoms with Gasteiger partial charge in [0, 0.05) is 33.9 Å². The second kappa shape index (κ2) is 4.76. The van der Waals surface area contributed by atoms with Crippen LogP contribution in [0.4, 0.5) is 5.69 Å². The van der Waals surface area contributed by atoms with Gasteiger partial charge in [-0.25, -0.2) is 0 Å². The zero-order valence-electron chi connectivity index (χ0n) is 10.7. The summed E-state index contributed by atoms with van der Waals surface area (Å²) in [5, 5.41) is 11.9. The first-order chi connectivity index (χ1) is 9.56. The molecule has 0 aliphatic carbocycles. The third-order valence-electron chi connectivity index (χ3n) is 3.30.